The van der Waals surface area contributed by atoms with Crippen LogP contribution in [-0.4, -0.2) is 75.0 Å². The number of benzene rings is 1. The Balaban J connectivity index is 2.05. The third-order valence-corrected chi connectivity index (χ3v) is 3.85. The molecule has 1 aromatic carbocycles. The van der Waals surface area contributed by atoms with Gasteiger partial charge < -0.3 is 29.2 Å². The van der Waals surface area contributed by atoms with Crippen LogP contribution in [0.3, 0.4) is 0 Å². The summed E-state index contributed by atoms with van der Waals surface area (Å²) in [5, 5.41) is 20.1. The lowest BCUT2D eigenvalue weighted by molar-refractivity contribution is -0.296. The molecule has 0 spiro atoms. The molecule has 0 amide bonds. The standard InChI is InChI=1S/C16H23NO6/c1-20-14-13(19)12(23-16(22-3)15(14)21-2)9-17-8-10-6-4-5-7-11(10)18/h4-8,12-16,18-19H,9H2,1-3H3/t12-,13-,14+,15-,16+/m1/s1. The first-order valence-electron chi connectivity index (χ1n) is 7.32. The maximum Gasteiger partial charge on any atom is 0.186 e. The van der Waals surface area contributed by atoms with Crippen LogP contribution in [0.2, 0.25) is 0 Å². The Kier molecular flexibility index (Phi) is 6.49. The van der Waals surface area contributed by atoms with Crippen LogP contribution >= 0.6 is 0 Å². The minimum Gasteiger partial charge on any atom is -0.507 e. The van der Waals surface area contributed by atoms with Crippen molar-refractivity contribution in [2.45, 2.75) is 30.7 Å². The van der Waals surface area contributed by atoms with E-state index < -0.39 is 30.7 Å². The van der Waals surface area contributed by atoms with Gasteiger partial charge in [-0.1, -0.05) is 12.1 Å². The molecular weight excluding hydrogens is 302 g/mol. The van der Waals surface area contributed by atoms with Gasteiger partial charge in [0.05, 0.1) is 6.54 Å². The minimum absolute atomic E-state index is 0.144. The van der Waals surface area contributed by atoms with Gasteiger partial charge in [0.2, 0.25) is 0 Å². The predicted molar refractivity (Wildman–Crippen MR) is 83.8 cm³/mol. The van der Waals surface area contributed by atoms with Crippen LogP contribution in [0.1, 0.15) is 5.56 Å². The zero-order valence-corrected chi connectivity index (χ0v) is 13.5. The Hall–Kier alpha value is -1.51. The molecule has 0 saturated carbocycles. The summed E-state index contributed by atoms with van der Waals surface area (Å²) in [6.45, 7) is 0.200. The zero-order valence-electron chi connectivity index (χ0n) is 13.5. The van der Waals surface area contributed by atoms with Gasteiger partial charge in [-0.25, -0.2) is 0 Å². The van der Waals surface area contributed by atoms with Gasteiger partial charge in [0.1, 0.15) is 30.2 Å². The molecular formula is C16H23NO6. The second-order valence-corrected chi connectivity index (χ2v) is 5.22. The van der Waals surface area contributed by atoms with Gasteiger partial charge >= 0.3 is 0 Å². The Labute approximate surface area is 135 Å². The summed E-state index contributed by atoms with van der Waals surface area (Å²) in [7, 11) is 4.51. The van der Waals surface area contributed by atoms with E-state index in [1.165, 1.54) is 27.5 Å². The molecule has 1 aliphatic heterocycles. The molecule has 2 rings (SSSR count). The number of hydrogen-bond donors (Lipinski definition) is 2. The third-order valence-electron chi connectivity index (χ3n) is 3.85. The highest BCUT2D eigenvalue weighted by Crippen LogP contribution is 2.26. The maximum atomic E-state index is 10.4. The summed E-state index contributed by atoms with van der Waals surface area (Å²) in [6, 6.07) is 6.86. The first-order valence-corrected chi connectivity index (χ1v) is 7.32. The molecule has 1 fully saturated rings. The van der Waals surface area contributed by atoms with Gasteiger partial charge in [-0.2, -0.15) is 0 Å². The molecule has 0 aromatic heterocycles. The smallest absolute Gasteiger partial charge is 0.186 e. The zero-order chi connectivity index (χ0) is 16.8. The van der Waals surface area contributed by atoms with E-state index in [9.17, 15) is 10.2 Å². The summed E-state index contributed by atoms with van der Waals surface area (Å²) in [6.07, 6.45) is -1.73. The number of aromatic hydroxyl groups is 1. The van der Waals surface area contributed by atoms with Gasteiger partial charge in [-0.3, -0.25) is 4.99 Å². The van der Waals surface area contributed by atoms with E-state index >= 15 is 0 Å². The number of para-hydroxylation sites is 1. The average molecular weight is 325 g/mol. The topological polar surface area (TPSA) is 89.7 Å². The van der Waals surface area contributed by atoms with E-state index in [-0.39, 0.29) is 12.3 Å². The summed E-state index contributed by atoms with van der Waals surface area (Å²) in [5.74, 6) is 0.144. The van der Waals surface area contributed by atoms with E-state index in [0.29, 0.717) is 5.56 Å². The SMILES string of the molecule is CO[C@H]1O[C@H](CN=Cc2ccccc2O)[C@@H](O)[C@H](OC)[C@H]1OC. The number of aliphatic imine (C=N–C) groups is 1. The van der Waals surface area contributed by atoms with Gasteiger partial charge in [0, 0.05) is 33.1 Å². The first-order chi connectivity index (χ1) is 11.1. The summed E-state index contributed by atoms with van der Waals surface area (Å²) in [5.41, 5.74) is 0.596. The van der Waals surface area contributed by atoms with Crippen LogP contribution in [-0.2, 0) is 18.9 Å². The second-order valence-electron chi connectivity index (χ2n) is 5.22. The highest BCUT2D eigenvalue weighted by atomic mass is 16.7. The van der Waals surface area contributed by atoms with Crippen LogP contribution in [0.5, 0.6) is 5.75 Å². The van der Waals surface area contributed by atoms with Crippen molar-refractivity contribution in [1.29, 1.82) is 0 Å². The third kappa shape index (κ3) is 4.07. The first kappa shape index (κ1) is 17.8. The highest BCUT2D eigenvalue weighted by Gasteiger charge is 2.46. The second kappa shape index (κ2) is 8.37. The van der Waals surface area contributed by atoms with E-state index in [2.05, 4.69) is 4.99 Å². The van der Waals surface area contributed by atoms with E-state index in [1.54, 1.807) is 24.3 Å². The average Bonchev–Trinajstić information content (AvgIpc) is 2.57. The monoisotopic (exact) mass is 325 g/mol. The molecule has 23 heavy (non-hydrogen) atoms. The van der Waals surface area contributed by atoms with Crippen molar-refractivity contribution >= 4 is 6.21 Å². The molecule has 1 aliphatic rings. The number of rotatable bonds is 6. The van der Waals surface area contributed by atoms with Gasteiger partial charge in [-0.15, -0.1) is 0 Å². The summed E-state index contributed by atoms with van der Waals surface area (Å²) in [4.78, 5) is 4.24. The Morgan fingerprint density at radius 2 is 1.83 bits per heavy atom. The van der Waals surface area contributed by atoms with E-state index in [4.69, 9.17) is 18.9 Å². The van der Waals surface area contributed by atoms with Crippen LogP contribution in [0.25, 0.3) is 0 Å². The van der Waals surface area contributed by atoms with Crippen molar-refractivity contribution in [3.63, 3.8) is 0 Å². The van der Waals surface area contributed by atoms with Crippen LogP contribution in [0.15, 0.2) is 29.3 Å². The Bertz CT molecular complexity index is 523. The van der Waals surface area contributed by atoms with Gasteiger partial charge in [-0.05, 0) is 12.1 Å². The van der Waals surface area contributed by atoms with Gasteiger partial charge in [0.25, 0.3) is 0 Å². The number of aliphatic hydroxyl groups excluding tert-OH is 1. The number of ether oxygens (including phenoxy) is 4. The number of methoxy groups -OCH3 is 3. The fourth-order valence-corrected chi connectivity index (χ4v) is 2.60. The van der Waals surface area contributed by atoms with Crippen molar-refractivity contribution < 1.29 is 29.2 Å². The minimum atomic E-state index is -0.905. The number of phenolic OH excluding ortho intramolecular Hbond substituents is 1. The largest absolute Gasteiger partial charge is 0.507 e. The van der Waals surface area contributed by atoms with Gasteiger partial charge in [0.15, 0.2) is 6.29 Å². The highest BCUT2D eigenvalue weighted by molar-refractivity contribution is 5.83. The Morgan fingerprint density at radius 3 is 2.43 bits per heavy atom. The molecule has 1 aromatic rings. The molecule has 2 N–H and O–H groups in total. The van der Waals surface area contributed by atoms with E-state index in [0.717, 1.165) is 0 Å². The van der Waals surface area contributed by atoms with Crippen LogP contribution < -0.4 is 0 Å². The van der Waals surface area contributed by atoms with Crippen molar-refractivity contribution in [1.82, 2.24) is 0 Å². The Morgan fingerprint density at radius 1 is 1.13 bits per heavy atom. The van der Waals surface area contributed by atoms with E-state index in [1.807, 2.05) is 0 Å². The lowest BCUT2D eigenvalue weighted by atomic mass is 9.98. The van der Waals surface area contributed by atoms with Crippen LogP contribution in [0, 0.1) is 0 Å². The molecule has 0 aliphatic carbocycles. The van der Waals surface area contributed by atoms with Crippen molar-refractivity contribution in [3.8, 4) is 5.75 Å². The molecule has 1 saturated heterocycles. The van der Waals surface area contributed by atoms with Crippen molar-refractivity contribution in [3.05, 3.63) is 29.8 Å². The quantitative estimate of drug-likeness (QED) is 0.744. The molecule has 1 heterocycles. The fraction of sp³-hybridized carbons (Fsp3) is 0.562. The molecule has 0 radical (unpaired) electrons. The predicted octanol–water partition coefficient (Wildman–Crippen LogP) is 0.573. The lowest BCUT2D eigenvalue weighted by Gasteiger charge is -2.42. The molecule has 7 heteroatoms. The molecule has 0 unspecified atom stereocenters. The molecule has 128 valence electrons. The maximum absolute atomic E-state index is 10.4. The number of phenols is 1. The summed E-state index contributed by atoms with van der Waals surface area (Å²) >= 11 is 0. The molecule has 5 atom stereocenters. The number of nitrogens with zero attached hydrogens (tertiary/aromatic N) is 1. The van der Waals surface area contributed by atoms with Crippen molar-refractivity contribution in [2.24, 2.45) is 4.99 Å². The normalized spacial score (nSPS) is 31.6. The number of aliphatic hydroxyl groups is 1. The number of hydrogen-bond acceptors (Lipinski definition) is 7. The lowest BCUT2D eigenvalue weighted by Crippen LogP contribution is -2.60. The fourth-order valence-electron chi connectivity index (χ4n) is 2.60. The van der Waals surface area contributed by atoms with Crippen molar-refractivity contribution in [2.75, 3.05) is 27.9 Å². The van der Waals surface area contributed by atoms with Crippen LogP contribution in [0.4, 0.5) is 0 Å². The molecule has 7 nitrogen and oxygen atoms in total. The molecule has 0 bridgehead atoms. The summed E-state index contributed by atoms with van der Waals surface area (Å²) < 4.78 is 21.6.